The molecule has 0 radical (unpaired) electrons. The zero-order valence-electron chi connectivity index (χ0n) is 15.2. The molecule has 3 aromatic rings. The number of ether oxygens (including phenoxy) is 2. The van der Waals surface area contributed by atoms with Crippen LogP contribution in [0.15, 0.2) is 59.2 Å². The zero-order chi connectivity index (χ0) is 19.2. The number of amides is 1. The normalized spacial score (nSPS) is 12.1. The van der Waals surface area contributed by atoms with Crippen LogP contribution in [0.4, 0.5) is 0 Å². The van der Waals surface area contributed by atoms with Gasteiger partial charge in [0, 0.05) is 17.9 Å². The van der Waals surface area contributed by atoms with Gasteiger partial charge in [0.25, 0.3) is 0 Å². The Balaban J connectivity index is 1.17. The van der Waals surface area contributed by atoms with Gasteiger partial charge in [-0.05, 0) is 36.2 Å². The number of hydrogen-bond acceptors (Lipinski definition) is 6. The Morgan fingerprint density at radius 1 is 1.11 bits per heavy atom. The molecule has 0 saturated heterocycles. The Morgan fingerprint density at radius 3 is 2.86 bits per heavy atom. The fraction of sp³-hybridized carbons (Fsp3) is 0.238. The van der Waals surface area contributed by atoms with Crippen LogP contribution >= 0.6 is 11.8 Å². The molecule has 0 fully saturated rings. The second-order valence-electron chi connectivity index (χ2n) is 6.29. The predicted molar refractivity (Wildman–Crippen MR) is 107 cm³/mol. The summed E-state index contributed by atoms with van der Waals surface area (Å²) in [5, 5.41) is 2.94. The highest BCUT2D eigenvalue weighted by atomic mass is 32.2. The molecule has 0 unspecified atom stereocenters. The standard InChI is InChI=1S/C21H20N2O4S/c24-20(22-9-8-15-6-7-18-19(10-15)27-14-26-18)13-28-12-17-11-25-21(23-17)16-4-2-1-3-5-16/h1-7,10-11H,8-9,12-14H2,(H,22,24). The van der Waals surface area contributed by atoms with E-state index in [0.29, 0.717) is 23.9 Å². The fourth-order valence-corrected chi connectivity index (χ4v) is 3.56. The molecular weight excluding hydrogens is 376 g/mol. The van der Waals surface area contributed by atoms with Gasteiger partial charge in [0.1, 0.15) is 6.26 Å². The van der Waals surface area contributed by atoms with Crippen LogP contribution < -0.4 is 14.8 Å². The lowest BCUT2D eigenvalue weighted by molar-refractivity contribution is -0.118. The smallest absolute Gasteiger partial charge is 0.231 e. The van der Waals surface area contributed by atoms with E-state index in [4.69, 9.17) is 13.9 Å². The number of benzene rings is 2. The van der Waals surface area contributed by atoms with Crippen LogP contribution in [0.25, 0.3) is 11.5 Å². The summed E-state index contributed by atoms with van der Waals surface area (Å²) in [6, 6.07) is 15.6. The predicted octanol–water partition coefficient (Wildman–Crippen LogP) is 3.66. The Kier molecular flexibility index (Phi) is 5.82. The van der Waals surface area contributed by atoms with Gasteiger partial charge in [-0.3, -0.25) is 4.79 Å². The van der Waals surface area contributed by atoms with Gasteiger partial charge in [-0.2, -0.15) is 0 Å². The molecule has 1 amide bonds. The first-order chi connectivity index (χ1) is 13.8. The van der Waals surface area contributed by atoms with Crippen molar-refractivity contribution in [2.24, 2.45) is 0 Å². The summed E-state index contributed by atoms with van der Waals surface area (Å²) >= 11 is 1.51. The molecule has 28 heavy (non-hydrogen) atoms. The fourth-order valence-electron chi connectivity index (χ4n) is 2.83. The molecule has 144 valence electrons. The van der Waals surface area contributed by atoms with Crippen LogP contribution in [0.1, 0.15) is 11.3 Å². The first-order valence-electron chi connectivity index (χ1n) is 9.01. The second kappa shape index (κ2) is 8.84. The molecule has 0 spiro atoms. The van der Waals surface area contributed by atoms with Gasteiger partial charge in [0.2, 0.25) is 18.6 Å². The highest BCUT2D eigenvalue weighted by Gasteiger charge is 2.13. The van der Waals surface area contributed by atoms with Crippen molar-refractivity contribution in [3.05, 3.63) is 66.1 Å². The summed E-state index contributed by atoms with van der Waals surface area (Å²) in [5.74, 6) is 3.16. The van der Waals surface area contributed by atoms with Gasteiger partial charge in [-0.15, -0.1) is 11.8 Å². The number of fused-ring (bicyclic) bond motifs is 1. The highest BCUT2D eigenvalue weighted by molar-refractivity contribution is 7.99. The van der Waals surface area contributed by atoms with Crippen molar-refractivity contribution in [1.82, 2.24) is 10.3 Å². The molecule has 1 aliphatic rings. The summed E-state index contributed by atoms with van der Waals surface area (Å²) < 4.78 is 16.2. The van der Waals surface area contributed by atoms with Crippen LogP contribution in [-0.4, -0.2) is 30.0 Å². The van der Waals surface area contributed by atoms with Crippen molar-refractivity contribution in [3.8, 4) is 23.0 Å². The summed E-state index contributed by atoms with van der Waals surface area (Å²) in [6.07, 6.45) is 2.39. The van der Waals surface area contributed by atoms with Crippen molar-refractivity contribution in [3.63, 3.8) is 0 Å². The van der Waals surface area contributed by atoms with Crippen molar-refractivity contribution < 1.29 is 18.7 Å². The molecule has 4 rings (SSSR count). The van der Waals surface area contributed by atoms with Gasteiger partial charge in [-0.25, -0.2) is 4.98 Å². The maximum absolute atomic E-state index is 12.0. The minimum atomic E-state index is 0.0116. The summed E-state index contributed by atoms with van der Waals surface area (Å²) in [7, 11) is 0. The van der Waals surface area contributed by atoms with Gasteiger partial charge in [0.15, 0.2) is 11.5 Å². The van der Waals surface area contributed by atoms with Crippen molar-refractivity contribution >= 4 is 17.7 Å². The van der Waals surface area contributed by atoms with E-state index in [1.807, 2.05) is 48.5 Å². The molecular formula is C21H20N2O4S. The first kappa shape index (κ1) is 18.4. The molecule has 0 atom stereocenters. The summed E-state index contributed by atoms with van der Waals surface area (Å²) in [5.41, 5.74) is 2.88. The lowest BCUT2D eigenvalue weighted by atomic mass is 10.1. The minimum absolute atomic E-state index is 0.0116. The van der Waals surface area contributed by atoms with Crippen molar-refractivity contribution in [2.75, 3.05) is 19.1 Å². The Hall–Kier alpha value is -2.93. The second-order valence-corrected chi connectivity index (χ2v) is 7.28. The average molecular weight is 396 g/mol. The number of carbonyl (C=O) groups excluding carboxylic acids is 1. The van der Waals surface area contributed by atoms with Gasteiger partial charge in [0.05, 0.1) is 11.4 Å². The van der Waals surface area contributed by atoms with Gasteiger partial charge >= 0.3 is 0 Å². The molecule has 0 saturated carbocycles. The summed E-state index contributed by atoms with van der Waals surface area (Å²) in [6.45, 7) is 0.853. The number of hydrogen-bond donors (Lipinski definition) is 1. The molecule has 1 N–H and O–H groups in total. The van der Waals surface area contributed by atoms with Crippen LogP contribution in [0, 0.1) is 0 Å². The van der Waals surface area contributed by atoms with E-state index < -0.39 is 0 Å². The largest absolute Gasteiger partial charge is 0.454 e. The number of aromatic nitrogens is 1. The third kappa shape index (κ3) is 4.67. The van der Waals surface area contributed by atoms with E-state index in [9.17, 15) is 4.79 Å². The Labute approximate surface area is 167 Å². The molecule has 2 heterocycles. The average Bonchev–Trinajstić information content (AvgIpc) is 3.38. The van der Waals surface area contributed by atoms with Gasteiger partial charge < -0.3 is 19.2 Å². The molecule has 2 aromatic carbocycles. The van der Waals surface area contributed by atoms with E-state index in [2.05, 4.69) is 10.3 Å². The number of rotatable bonds is 8. The van der Waals surface area contributed by atoms with Crippen molar-refractivity contribution in [2.45, 2.75) is 12.2 Å². The molecule has 0 bridgehead atoms. The SMILES string of the molecule is O=C(CSCc1coc(-c2ccccc2)n1)NCCc1ccc2c(c1)OCO2. The number of nitrogens with zero attached hydrogens (tertiary/aromatic N) is 1. The summed E-state index contributed by atoms with van der Waals surface area (Å²) in [4.78, 5) is 16.5. The lowest BCUT2D eigenvalue weighted by Gasteiger charge is -2.06. The number of thioether (sulfide) groups is 1. The topological polar surface area (TPSA) is 73.6 Å². The molecule has 1 aromatic heterocycles. The number of nitrogens with one attached hydrogen (secondary N) is 1. The van der Waals surface area contributed by atoms with Crippen LogP contribution in [-0.2, 0) is 17.0 Å². The van der Waals surface area contributed by atoms with Crippen molar-refractivity contribution in [1.29, 1.82) is 0 Å². The quantitative estimate of drug-likeness (QED) is 0.626. The van der Waals surface area contributed by atoms with E-state index in [1.54, 1.807) is 6.26 Å². The molecule has 6 nitrogen and oxygen atoms in total. The van der Waals surface area contributed by atoms with E-state index in [1.165, 1.54) is 11.8 Å². The zero-order valence-corrected chi connectivity index (χ0v) is 16.0. The molecule has 7 heteroatoms. The molecule has 1 aliphatic heterocycles. The van der Waals surface area contributed by atoms with Gasteiger partial charge in [-0.1, -0.05) is 24.3 Å². The molecule has 0 aliphatic carbocycles. The Morgan fingerprint density at radius 2 is 1.96 bits per heavy atom. The van der Waals surface area contributed by atoms with Crippen LogP contribution in [0.2, 0.25) is 0 Å². The minimum Gasteiger partial charge on any atom is -0.454 e. The monoisotopic (exact) mass is 396 g/mol. The van der Waals surface area contributed by atoms with Crippen LogP contribution in [0.3, 0.4) is 0 Å². The Bertz CT molecular complexity index is 943. The highest BCUT2D eigenvalue weighted by Crippen LogP contribution is 2.32. The van der Waals surface area contributed by atoms with Crippen LogP contribution in [0.5, 0.6) is 11.5 Å². The van der Waals surface area contributed by atoms with E-state index in [0.717, 1.165) is 34.7 Å². The first-order valence-corrected chi connectivity index (χ1v) is 10.2. The number of carbonyl (C=O) groups is 1. The third-order valence-electron chi connectivity index (χ3n) is 4.23. The van der Waals surface area contributed by atoms with E-state index in [-0.39, 0.29) is 12.7 Å². The lowest BCUT2D eigenvalue weighted by Crippen LogP contribution is -2.27. The third-order valence-corrected chi connectivity index (χ3v) is 5.19. The maximum atomic E-state index is 12.0. The number of oxazole rings is 1. The van der Waals surface area contributed by atoms with E-state index >= 15 is 0 Å². The maximum Gasteiger partial charge on any atom is 0.231 e.